The van der Waals surface area contributed by atoms with Gasteiger partial charge in [0.1, 0.15) is 16.8 Å². The molecule has 1 atom stereocenters. The zero-order valence-corrected chi connectivity index (χ0v) is 19.7. The lowest BCUT2D eigenvalue weighted by Crippen LogP contribution is -2.22. The van der Waals surface area contributed by atoms with Gasteiger partial charge in [0.05, 0.1) is 23.6 Å². The van der Waals surface area contributed by atoms with Gasteiger partial charge in [-0.3, -0.25) is 4.79 Å². The molecule has 0 bridgehead atoms. The molecule has 32 heavy (non-hydrogen) atoms. The van der Waals surface area contributed by atoms with Crippen molar-refractivity contribution in [2.24, 2.45) is 0 Å². The molecule has 0 spiro atoms. The molecule has 0 aliphatic heterocycles. The maximum absolute atomic E-state index is 12.8. The second kappa shape index (κ2) is 10.2. The summed E-state index contributed by atoms with van der Waals surface area (Å²) in [5.74, 6) is 0.592. The van der Waals surface area contributed by atoms with Crippen molar-refractivity contribution in [3.05, 3.63) is 52.5 Å². The van der Waals surface area contributed by atoms with Gasteiger partial charge in [0.15, 0.2) is 5.13 Å². The number of anilines is 1. The molecule has 0 radical (unpaired) electrons. The third-order valence-electron chi connectivity index (χ3n) is 5.39. The Hall–Kier alpha value is -2.89. The number of hydrogen-bond donors (Lipinski definition) is 1. The van der Waals surface area contributed by atoms with Gasteiger partial charge >= 0.3 is 0 Å². The molecule has 1 amide bonds. The number of carbonyl (C=O) groups excluding carboxylic acids is 1. The summed E-state index contributed by atoms with van der Waals surface area (Å²) in [7, 11) is 1.63. The summed E-state index contributed by atoms with van der Waals surface area (Å²) in [5.41, 5.74) is 4.50. The summed E-state index contributed by atoms with van der Waals surface area (Å²) in [4.78, 5) is 22.1. The Balaban J connectivity index is 1.45. The molecule has 1 aromatic carbocycles. The SMILES string of the molecule is COc1cccc(-c2csc(NC(=O)C(C)Sc3nc4c(cc3C#N)CCCCC4)n2)c1. The van der Waals surface area contributed by atoms with Crippen LogP contribution in [-0.4, -0.2) is 28.2 Å². The number of methoxy groups -OCH3 is 1. The summed E-state index contributed by atoms with van der Waals surface area (Å²) in [5, 5.41) is 15.2. The van der Waals surface area contributed by atoms with E-state index in [1.165, 1.54) is 35.1 Å². The van der Waals surface area contributed by atoms with Crippen molar-refractivity contribution >= 4 is 34.1 Å². The molecule has 164 valence electrons. The molecule has 1 unspecified atom stereocenters. The van der Waals surface area contributed by atoms with E-state index in [4.69, 9.17) is 9.72 Å². The minimum absolute atomic E-state index is 0.165. The lowest BCUT2D eigenvalue weighted by molar-refractivity contribution is -0.115. The molecule has 1 aliphatic rings. The maximum Gasteiger partial charge on any atom is 0.239 e. The number of aromatic nitrogens is 2. The predicted octanol–water partition coefficient (Wildman–Crippen LogP) is 5.47. The van der Waals surface area contributed by atoms with E-state index in [9.17, 15) is 10.1 Å². The first kappa shape index (κ1) is 22.3. The molecule has 6 nitrogen and oxygen atoms in total. The van der Waals surface area contributed by atoms with Crippen molar-refractivity contribution in [2.45, 2.75) is 49.3 Å². The molecule has 1 N–H and O–H groups in total. The number of carbonyl (C=O) groups is 1. The van der Waals surface area contributed by atoms with E-state index < -0.39 is 5.25 Å². The third kappa shape index (κ3) is 5.12. The summed E-state index contributed by atoms with van der Waals surface area (Å²) in [6.07, 6.45) is 5.34. The van der Waals surface area contributed by atoms with Gasteiger partial charge in [-0.1, -0.05) is 30.3 Å². The number of amides is 1. The molecule has 0 fully saturated rings. The quantitative estimate of drug-likeness (QED) is 0.384. The van der Waals surface area contributed by atoms with Crippen molar-refractivity contribution < 1.29 is 9.53 Å². The topological polar surface area (TPSA) is 87.9 Å². The number of rotatable bonds is 6. The Bertz CT molecular complexity index is 1170. The van der Waals surface area contributed by atoms with Crippen LogP contribution in [0, 0.1) is 11.3 Å². The van der Waals surface area contributed by atoms with Crippen molar-refractivity contribution in [1.29, 1.82) is 5.26 Å². The first-order chi connectivity index (χ1) is 15.6. The molecule has 2 heterocycles. The number of nitriles is 1. The van der Waals surface area contributed by atoms with Crippen LogP contribution in [0.3, 0.4) is 0 Å². The van der Waals surface area contributed by atoms with Crippen LogP contribution in [-0.2, 0) is 17.6 Å². The van der Waals surface area contributed by atoms with Crippen molar-refractivity contribution in [3.8, 4) is 23.1 Å². The standard InChI is InChI=1S/C24H24N4O2S2/c1-15(32-23-18(13-25)11-16-7-4-3-5-10-20(16)26-23)22(29)28-24-27-21(14-31-24)17-8-6-9-19(12-17)30-2/h6,8-9,11-12,14-15H,3-5,7,10H2,1-2H3,(H,27,28,29). The van der Waals surface area contributed by atoms with Crippen LogP contribution >= 0.6 is 23.1 Å². The number of ether oxygens (including phenoxy) is 1. The lowest BCUT2D eigenvalue weighted by Gasteiger charge is -2.13. The fraction of sp³-hybridized carbons (Fsp3) is 0.333. The van der Waals surface area contributed by atoms with Gasteiger partial charge in [0.2, 0.25) is 5.91 Å². The Morgan fingerprint density at radius 1 is 1.25 bits per heavy atom. The van der Waals surface area contributed by atoms with Gasteiger partial charge in [-0.25, -0.2) is 9.97 Å². The fourth-order valence-corrected chi connectivity index (χ4v) is 5.25. The number of pyridine rings is 1. The predicted molar refractivity (Wildman–Crippen MR) is 128 cm³/mol. The normalized spacial score (nSPS) is 14.0. The van der Waals surface area contributed by atoms with E-state index in [2.05, 4.69) is 16.4 Å². The average molecular weight is 465 g/mol. The Morgan fingerprint density at radius 3 is 2.91 bits per heavy atom. The van der Waals surface area contributed by atoms with Crippen LogP contribution in [0.5, 0.6) is 5.75 Å². The number of aryl methyl sites for hydroxylation is 2. The van der Waals surface area contributed by atoms with Gasteiger partial charge < -0.3 is 10.1 Å². The van der Waals surface area contributed by atoms with E-state index in [0.29, 0.717) is 15.7 Å². The van der Waals surface area contributed by atoms with E-state index in [1.54, 1.807) is 7.11 Å². The van der Waals surface area contributed by atoms with Crippen LogP contribution in [0.15, 0.2) is 40.7 Å². The van der Waals surface area contributed by atoms with Gasteiger partial charge in [0, 0.05) is 16.6 Å². The molecule has 8 heteroatoms. The first-order valence-corrected chi connectivity index (χ1v) is 12.3. The third-order valence-corrected chi connectivity index (χ3v) is 7.25. The van der Waals surface area contributed by atoms with Crippen molar-refractivity contribution in [1.82, 2.24) is 9.97 Å². The van der Waals surface area contributed by atoms with E-state index in [0.717, 1.165) is 48.4 Å². The number of fused-ring (bicyclic) bond motifs is 1. The van der Waals surface area contributed by atoms with Crippen LogP contribution < -0.4 is 10.1 Å². The Kier molecular flexibility index (Phi) is 7.08. The molecular weight excluding hydrogens is 440 g/mol. The molecule has 1 aliphatic carbocycles. The van der Waals surface area contributed by atoms with E-state index in [-0.39, 0.29) is 5.91 Å². The zero-order chi connectivity index (χ0) is 22.5. The molecule has 3 aromatic rings. The number of thiazole rings is 1. The summed E-state index contributed by atoms with van der Waals surface area (Å²) < 4.78 is 5.27. The largest absolute Gasteiger partial charge is 0.497 e. The highest BCUT2D eigenvalue weighted by molar-refractivity contribution is 8.00. The molecule has 0 saturated carbocycles. The highest BCUT2D eigenvalue weighted by Crippen LogP contribution is 2.31. The minimum atomic E-state index is -0.414. The second-order valence-electron chi connectivity index (χ2n) is 7.64. The number of nitrogens with zero attached hydrogens (tertiary/aromatic N) is 3. The molecule has 2 aromatic heterocycles. The number of thioether (sulfide) groups is 1. The van der Waals surface area contributed by atoms with Crippen LogP contribution in [0.2, 0.25) is 0 Å². The van der Waals surface area contributed by atoms with Gasteiger partial charge in [-0.15, -0.1) is 11.3 Å². The monoisotopic (exact) mass is 464 g/mol. The summed E-state index contributed by atoms with van der Waals surface area (Å²) in [6.45, 7) is 1.82. The smallest absolute Gasteiger partial charge is 0.239 e. The second-order valence-corrected chi connectivity index (χ2v) is 9.83. The highest BCUT2D eigenvalue weighted by atomic mass is 32.2. The zero-order valence-electron chi connectivity index (χ0n) is 18.1. The fourth-order valence-electron chi connectivity index (χ4n) is 3.64. The van der Waals surface area contributed by atoms with E-state index >= 15 is 0 Å². The van der Waals surface area contributed by atoms with Crippen molar-refractivity contribution in [3.63, 3.8) is 0 Å². The minimum Gasteiger partial charge on any atom is -0.497 e. The van der Waals surface area contributed by atoms with Crippen LogP contribution in [0.4, 0.5) is 5.13 Å². The first-order valence-electron chi connectivity index (χ1n) is 10.6. The lowest BCUT2D eigenvalue weighted by atomic mass is 10.1. The summed E-state index contributed by atoms with van der Waals surface area (Å²) >= 11 is 2.70. The highest BCUT2D eigenvalue weighted by Gasteiger charge is 2.21. The van der Waals surface area contributed by atoms with E-state index in [1.807, 2.05) is 42.6 Å². The maximum atomic E-state index is 12.8. The van der Waals surface area contributed by atoms with Gasteiger partial charge in [-0.2, -0.15) is 5.26 Å². The van der Waals surface area contributed by atoms with Gasteiger partial charge in [0.25, 0.3) is 0 Å². The molecular formula is C24H24N4O2S2. The molecule has 4 rings (SSSR count). The van der Waals surface area contributed by atoms with Crippen molar-refractivity contribution in [2.75, 3.05) is 12.4 Å². The number of nitrogens with one attached hydrogen (secondary N) is 1. The van der Waals surface area contributed by atoms with Gasteiger partial charge in [-0.05, 0) is 56.4 Å². The molecule has 0 saturated heterocycles. The Labute approximate surface area is 196 Å². The Morgan fingerprint density at radius 2 is 2.09 bits per heavy atom. The van der Waals surface area contributed by atoms with Crippen LogP contribution in [0.1, 0.15) is 43.0 Å². The summed E-state index contributed by atoms with van der Waals surface area (Å²) in [6, 6.07) is 11.9. The number of benzene rings is 1. The number of hydrogen-bond acceptors (Lipinski definition) is 7. The average Bonchev–Trinajstić information content (AvgIpc) is 3.16. The van der Waals surface area contributed by atoms with Crippen LogP contribution in [0.25, 0.3) is 11.3 Å².